The van der Waals surface area contributed by atoms with Crippen molar-refractivity contribution in [2.45, 2.75) is 65.9 Å². The molecule has 0 fully saturated rings. The van der Waals surface area contributed by atoms with Gasteiger partial charge in [-0.05, 0) is 61.3 Å². The summed E-state index contributed by atoms with van der Waals surface area (Å²) in [7, 11) is 0. The second-order valence-electron chi connectivity index (χ2n) is 6.86. The van der Waals surface area contributed by atoms with Gasteiger partial charge >= 0.3 is 0 Å². The minimum absolute atomic E-state index is 0.171. The molecule has 1 atom stereocenters. The van der Waals surface area contributed by atoms with Crippen molar-refractivity contribution in [2.75, 3.05) is 0 Å². The van der Waals surface area contributed by atoms with Crippen LogP contribution in [0.2, 0.25) is 0 Å². The molecule has 0 radical (unpaired) electrons. The van der Waals surface area contributed by atoms with E-state index in [0.717, 1.165) is 12.0 Å². The predicted molar refractivity (Wildman–Crippen MR) is 83.8 cm³/mol. The van der Waals surface area contributed by atoms with Crippen LogP contribution in [0, 0.1) is 13.8 Å². The van der Waals surface area contributed by atoms with Crippen LogP contribution in [-0.4, -0.2) is 11.2 Å². The van der Waals surface area contributed by atoms with E-state index in [2.05, 4.69) is 53.3 Å². The van der Waals surface area contributed by atoms with Gasteiger partial charge in [-0.2, -0.15) is 0 Å². The van der Waals surface area contributed by atoms with E-state index >= 15 is 0 Å². The highest BCUT2D eigenvalue weighted by molar-refractivity contribution is 5.40. The molecule has 0 aliphatic carbocycles. The lowest BCUT2D eigenvalue weighted by Crippen LogP contribution is -2.15. The number of rotatable bonds is 4. The highest BCUT2D eigenvalue weighted by Gasteiger charge is 2.17. The number of aryl methyl sites for hydroxylation is 2. The molecular weight excluding hydrogens is 232 g/mol. The van der Waals surface area contributed by atoms with E-state index in [9.17, 15) is 5.11 Å². The van der Waals surface area contributed by atoms with Gasteiger partial charge in [-0.25, -0.2) is 0 Å². The maximum absolute atomic E-state index is 10.1. The van der Waals surface area contributed by atoms with Gasteiger partial charge in [0.2, 0.25) is 0 Å². The van der Waals surface area contributed by atoms with Gasteiger partial charge in [0.1, 0.15) is 0 Å². The van der Waals surface area contributed by atoms with Crippen molar-refractivity contribution >= 4 is 0 Å². The first kappa shape index (κ1) is 16.0. The van der Waals surface area contributed by atoms with Gasteiger partial charge in [-0.1, -0.05) is 38.5 Å². The first-order valence-corrected chi connectivity index (χ1v) is 7.04. The molecule has 0 bridgehead atoms. The number of hydrogen-bond donors (Lipinski definition) is 1. The maximum Gasteiger partial charge on any atom is 0.0617 e. The Bertz CT molecular complexity index is 440. The molecule has 1 rings (SSSR count). The first-order valence-electron chi connectivity index (χ1n) is 7.04. The van der Waals surface area contributed by atoms with Crippen LogP contribution in [0.4, 0.5) is 0 Å². The lowest BCUT2D eigenvalue weighted by Gasteiger charge is -2.23. The summed E-state index contributed by atoms with van der Waals surface area (Å²) < 4.78 is 0. The maximum atomic E-state index is 10.1. The highest BCUT2D eigenvalue weighted by Crippen LogP contribution is 2.27. The van der Waals surface area contributed by atoms with Crippen molar-refractivity contribution in [2.24, 2.45) is 0 Å². The average molecular weight is 260 g/mol. The summed E-state index contributed by atoms with van der Waals surface area (Å²) in [5.74, 6) is 0. The third-order valence-corrected chi connectivity index (χ3v) is 3.59. The van der Waals surface area contributed by atoms with Gasteiger partial charge in [-0.15, -0.1) is 6.58 Å². The van der Waals surface area contributed by atoms with Gasteiger partial charge in [0.15, 0.2) is 0 Å². The number of aliphatic hydroxyl groups is 1. The Kier molecular flexibility index (Phi) is 4.98. The molecule has 0 heterocycles. The van der Waals surface area contributed by atoms with E-state index in [1.165, 1.54) is 22.3 Å². The number of hydrogen-bond acceptors (Lipinski definition) is 1. The molecule has 1 aromatic rings. The Balaban J connectivity index is 3.01. The minimum Gasteiger partial charge on any atom is -0.392 e. The zero-order valence-electron chi connectivity index (χ0n) is 13.3. The monoisotopic (exact) mass is 260 g/mol. The van der Waals surface area contributed by atoms with E-state index in [4.69, 9.17) is 0 Å². The third kappa shape index (κ3) is 4.50. The zero-order valence-corrected chi connectivity index (χ0v) is 13.3. The SMILES string of the molecule is C=C(C)CC(O)Cc1c(C)cc(C(C)(C)C)cc1C. The highest BCUT2D eigenvalue weighted by atomic mass is 16.3. The molecule has 1 heteroatoms. The Morgan fingerprint density at radius 3 is 2.05 bits per heavy atom. The molecule has 0 spiro atoms. The molecule has 0 aliphatic heterocycles. The Hall–Kier alpha value is -1.08. The standard InChI is InChI=1S/C18H28O/c1-12(2)8-16(19)11-17-13(3)9-15(10-14(17)4)18(5,6)7/h9-10,16,19H,1,8,11H2,2-7H3. The Morgan fingerprint density at radius 1 is 1.21 bits per heavy atom. The lowest BCUT2D eigenvalue weighted by molar-refractivity contribution is 0.175. The molecule has 0 saturated heterocycles. The summed E-state index contributed by atoms with van der Waals surface area (Å²) in [6, 6.07) is 4.52. The fourth-order valence-corrected chi connectivity index (χ4v) is 2.46. The molecule has 19 heavy (non-hydrogen) atoms. The van der Waals surface area contributed by atoms with Gasteiger partial charge in [0.25, 0.3) is 0 Å². The van der Waals surface area contributed by atoms with E-state index in [0.29, 0.717) is 6.42 Å². The van der Waals surface area contributed by atoms with Crippen LogP contribution < -0.4 is 0 Å². The fourth-order valence-electron chi connectivity index (χ4n) is 2.46. The van der Waals surface area contributed by atoms with Crippen LogP contribution in [0.25, 0.3) is 0 Å². The van der Waals surface area contributed by atoms with Gasteiger partial charge in [0.05, 0.1) is 6.10 Å². The van der Waals surface area contributed by atoms with Gasteiger partial charge in [-0.3, -0.25) is 0 Å². The largest absolute Gasteiger partial charge is 0.392 e. The predicted octanol–water partition coefficient (Wildman–Crippen LogP) is 4.47. The van der Waals surface area contributed by atoms with Gasteiger partial charge in [0, 0.05) is 0 Å². The summed E-state index contributed by atoms with van der Waals surface area (Å²) in [6.45, 7) is 16.8. The Morgan fingerprint density at radius 2 is 1.68 bits per heavy atom. The summed E-state index contributed by atoms with van der Waals surface area (Å²) in [4.78, 5) is 0. The van der Waals surface area contributed by atoms with Crippen LogP contribution >= 0.6 is 0 Å². The van der Waals surface area contributed by atoms with Crippen molar-refractivity contribution in [3.05, 3.63) is 46.5 Å². The summed E-state index contributed by atoms with van der Waals surface area (Å²) >= 11 is 0. The molecule has 0 amide bonds. The van der Waals surface area contributed by atoms with Crippen molar-refractivity contribution in [3.63, 3.8) is 0 Å². The fraction of sp³-hybridized carbons (Fsp3) is 0.556. The molecule has 1 unspecified atom stereocenters. The van der Waals surface area contributed by atoms with Crippen LogP contribution in [0.15, 0.2) is 24.3 Å². The van der Waals surface area contributed by atoms with Crippen molar-refractivity contribution in [3.8, 4) is 0 Å². The van der Waals surface area contributed by atoms with E-state index < -0.39 is 0 Å². The molecule has 0 aliphatic rings. The van der Waals surface area contributed by atoms with E-state index in [-0.39, 0.29) is 11.5 Å². The summed E-state index contributed by atoms with van der Waals surface area (Å²) in [5, 5.41) is 10.1. The summed E-state index contributed by atoms with van der Waals surface area (Å²) in [5.41, 5.74) is 6.41. The van der Waals surface area contributed by atoms with Crippen LogP contribution in [0.5, 0.6) is 0 Å². The van der Waals surface area contributed by atoms with E-state index in [1.54, 1.807) is 0 Å². The topological polar surface area (TPSA) is 20.2 Å². The van der Waals surface area contributed by atoms with Gasteiger partial charge < -0.3 is 5.11 Å². The van der Waals surface area contributed by atoms with Crippen LogP contribution in [-0.2, 0) is 11.8 Å². The second-order valence-corrected chi connectivity index (χ2v) is 6.86. The lowest BCUT2D eigenvalue weighted by atomic mass is 9.83. The van der Waals surface area contributed by atoms with Crippen molar-refractivity contribution in [1.29, 1.82) is 0 Å². The molecule has 0 aromatic heterocycles. The quantitative estimate of drug-likeness (QED) is 0.792. The molecule has 106 valence electrons. The van der Waals surface area contributed by atoms with Crippen LogP contribution in [0.1, 0.15) is 56.4 Å². The Labute approximate surface area is 118 Å². The first-order chi connectivity index (χ1) is 8.61. The van der Waals surface area contributed by atoms with Crippen LogP contribution in [0.3, 0.4) is 0 Å². The zero-order chi connectivity index (χ0) is 14.8. The third-order valence-electron chi connectivity index (χ3n) is 3.59. The minimum atomic E-state index is -0.324. The normalized spacial score (nSPS) is 13.4. The molecule has 1 N–H and O–H groups in total. The van der Waals surface area contributed by atoms with Crippen molar-refractivity contribution in [1.82, 2.24) is 0 Å². The second kappa shape index (κ2) is 5.92. The molecule has 1 nitrogen and oxygen atoms in total. The number of aliphatic hydroxyl groups excluding tert-OH is 1. The molecular formula is C18H28O. The summed E-state index contributed by atoms with van der Waals surface area (Å²) in [6.07, 6.45) is 1.07. The smallest absolute Gasteiger partial charge is 0.0617 e. The molecule has 1 aromatic carbocycles. The number of benzene rings is 1. The van der Waals surface area contributed by atoms with Crippen molar-refractivity contribution < 1.29 is 5.11 Å². The van der Waals surface area contributed by atoms with E-state index in [1.807, 2.05) is 6.92 Å². The average Bonchev–Trinajstić information content (AvgIpc) is 2.20. The molecule has 0 saturated carbocycles.